The number of unbranched alkanes of at least 4 members (excludes halogenated alkanes) is 2. The zero-order chi connectivity index (χ0) is 23.1. The van der Waals surface area contributed by atoms with Crippen LogP contribution in [0.5, 0.6) is 0 Å². The van der Waals surface area contributed by atoms with Gasteiger partial charge in [0.15, 0.2) is 0 Å². The van der Waals surface area contributed by atoms with Gasteiger partial charge in [-0.05, 0) is 57.5 Å². The van der Waals surface area contributed by atoms with Crippen molar-refractivity contribution >= 4 is 23.7 Å². The first-order valence-corrected chi connectivity index (χ1v) is 10.4. The standard InChI is InChI=1S/C19H38N6O5/c1-12(2)16(19(29)30)25-18(28)14(8-4-6-10-21)24-17(27)13(7-3-5-9-20)23-15(26)11-22/h12-14,16H,3-11,20-22H2,1-2H3,(H,23,26)(H,24,27)(H,25,28)(H,29,30). The summed E-state index contributed by atoms with van der Waals surface area (Å²) in [6.07, 6.45) is 3.14. The number of carboxylic acid groups (broad SMARTS) is 1. The Labute approximate surface area is 177 Å². The fraction of sp³-hybridized carbons (Fsp3) is 0.789. The fourth-order valence-electron chi connectivity index (χ4n) is 2.82. The molecule has 0 aliphatic carbocycles. The van der Waals surface area contributed by atoms with Gasteiger partial charge in [-0.15, -0.1) is 0 Å². The first-order valence-electron chi connectivity index (χ1n) is 10.4. The number of carbonyl (C=O) groups excluding carboxylic acids is 3. The molecule has 11 heteroatoms. The van der Waals surface area contributed by atoms with Gasteiger partial charge in [0, 0.05) is 0 Å². The first-order chi connectivity index (χ1) is 14.2. The third-order valence-corrected chi connectivity index (χ3v) is 4.59. The summed E-state index contributed by atoms with van der Waals surface area (Å²) in [7, 11) is 0. The van der Waals surface area contributed by atoms with E-state index in [9.17, 15) is 24.3 Å². The maximum atomic E-state index is 12.8. The van der Waals surface area contributed by atoms with Crippen LogP contribution in [-0.2, 0) is 19.2 Å². The zero-order valence-electron chi connectivity index (χ0n) is 18.0. The molecule has 3 atom stereocenters. The Bertz CT molecular complexity index is 558. The van der Waals surface area contributed by atoms with Crippen molar-refractivity contribution in [3.05, 3.63) is 0 Å². The highest BCUT2D eigenvalue weighted by Crippen LogP contribution is 2.08. The van der Waals surface area contributed by atoms with Crippen LogP contribution in [0.25, 0.3) is 0 Å². The van der Waals surface area contributed by atoms with Crippen molar-refractivity contribution in [2.45, 2.75) is 70.5 Å². The van der Waals surface area contributed by atoms with E-state index in [-0.39, 0.29) is 12.5 Å². The lowest BCUT2D eigenvalue weighted by molar-refractivity contribution is -0.143. The third-order valence-electron chi connectivity index (χ3n) is 4.59. The number of hydrogen-bond donors (Lipinski definition) is 7. The molecule has 174 valence electrons. The monoisotopic (exact) mass is 430 g/mol. The van der Waals surface area contributed by atoms with E-state index in [0.29, 0.717) is 51.6 Å². The predicted molar refractivity (Wildman–Crippen MR) is 113 cm³/mol. The molecule has 0 heterocycles. The van der Waals surface area contributed by atoms with Crippen LogP contribution in [0.3, 0.4) is 0 Å². The zero-order valence-corrected chi connectivity index (χ0v) is 18.0. The molecule has 0 saturated heterocycles. The molecule has 0 aromatic rings. The second-order valence-corrected chi connectivity index (χ2v) is 7.52. The Morgan fingerprint density at radius 2 is 1.23 bits per heavy atom. The minimum Gasteiger partial charge on any atom is -0.480 e. The smallest absolute Gasteiger partial charge is 0.326 e. The maximum Gasteiger partial charge on any atom is 0.326 e. The third kappa shape index (κ3) is 11.1. The lowest BCUT2D eigenvalue weighted by Gasteiger charge is -2.25. The molecule has 3 unspecified atom stereocenters. The molecular formula is C19H38N6O5. The lowest BCUT2D eigenvalue weighted by atomic mass is 10.0. The number of nitrogens with two attached hydrogens (primary N) is 3. The summed E-state index contributed by atoms with van der Waals surface area (Å²) in [4.78, 5) is 48.6. The maximum absolute atomic E-state index is 12.8. The SMILES string of the molecule is CC(C)C(NC(=O)C(CCCCN)NC(=O)C(CCCCN)NC(=O)CN)C(=O)O. The van der Waals surface area contributed by atoms with Gasteiger partial charge in [0.1, 0.15) is 18.1 Å². The molecule has 3 amide bonds. The molecule has 0 fully saturated rings. The van der Waals surface area contributed by atoms with Crippen molar-refractivity contribution in [1.82, 2.24) is 16.0 Å². The van der Waals surface area contributed by atoms with Crippen molar-refractivity contribution in [2.24, 2.45) is 23.1 Å². The van der Waals surface area contributed by atoms with E-state index in [4.69, 9.17) is 17.2 Å². The molecule has 0 saturated carbocycles. The van der Waals surface area contributed by atoms with Gasteiger partial charge >= 0.3 is 5.97 Å². The van der Waals surface area contributed by atoms with Crippen LogP contribution in [0.15, 0.2) is 0 Å². The number of nitrogens with one attached hydrogen (secondary N) is 3. The summed E-state index contributed by atoms with van der Waals surface area (Å²) in [5.41, 5.74) is 16.3. The highest BCUT2D eigenvalue weighted by Gasteiger charge is 2.30. The molecular weight excluding hydrogens is 392 g/mol. The molecule has 0 bridgehead atoms. The molecule has 0 aliphatic rings. The van der Waals surface area contributed by atoms with Crippen LogP contribution in [0, 0.1) is 5.92 Å². The van der Waals surface area contributed by atoms with E-state index in [1.165, 1.54) is 0 Å². The van der Waals surface area contributed by atoms with Crippen LogP contribution in [0.1, 0.15) is 52.4 Å². The van der Waals surface area contributed by atoms with Gasteiger partial charge < -0.3 is 38.3 Å². The van der Waals surface area contributed by atoms with Gasteiger partial charge in [0.05, 0.1) is 6.54 Å². The Hall–Kier alpha value is -2.24. The summed E-state index contributed by atoms with van der Waals surface area (Å²) >= 11 is 0. The van der Waals surface area contributed by atoms with Crippen molar-refractivity contribution in [1.29, 1.82) is 0 Å². The first kappa shape index (κ1) is 27.8. The fourth-order valence-corrected chi connectivity index (χ4v) is 2.82. The Kier molecular flexibility index (Phi) is 14.4. The van der Waals surface area contributed by atoms with Gasteiger partial charge in [-0.3, -0.25) is 14.4 Å². The molecule has 30 heavy (non-hydrogen) atoms. The minimum absolute atomic E-state index is 0.268. The molecule has 0 rings (SSSR count). The second kappa shape index (κ2) is 15.6. The van der Waals surface area contributed by atoms with Gasteiger partial charge in [-0.2, -0.15) is 0 Å². The number of hydrogen-bond acceptors (Lipinski definition) is 7. The average molecular weight is 431 g/mol. The van der Waals surface area contributed by atoms with Crippen molar-refractivity contribution in [2.75, 3.05) is 19.6 Å². The molecule has 0 aromatic carbocycles. The van der Waals surface area contributed by atoms with Crippen molar-refractivity contribution < 1.29 is 24.3 Å². The van der Waals surface area contributed by atoms with Crippen molar-refractivity contribution in [3.63, 3.8) is 0 Å². The Morgan fingerprint density at radius 1 is 0.767 bits per heavy atom. The normalized spacial score (nSPS) is 13.9. The molecule has 0 aliphatic heterocycles. The van der Waals surface area contributed by atoms with Gasteiger partial charge in [-0.25, -0.2) is 4.79 Å². The minimum atomic E-state index is -1.15. The van der Waals surface area contributed by atoms with E-state index >= 15 is 0 Å². The van der Waals surface area contributed by atoms with Gasteiger partial charge in [0.2, 0.25) is 17.7 Å². The van der Waals surface area contributed by atoms with Crippen LogP contribution >= 0.6 is 0 Å². The summed E-state index contributed by atoms with van der Waals surface area (Å²) in [5, 5.41) is 17.0. The van der Waals surface area contributed by atoms with E-state index < -0.39 is 41.8 Å². The van der Waals surface area contributed by atoms with Crippen LogP contribution in [0.4, 0.5) is 0 Å². The number of carbonyl (C=O) groups is 4. The van der Waals surface area contributed by atoms with Crippen LogP contribution in [-0.4, -0.2) is 66.6 Å². The van der Waals surface area contributed by atoms with E-state index in [2.05, 4.69) is 16.0 Å². The molecule has 0 spiro atoms. The van der Waals surface area contributed by atoms with Crippen molar-refractivity contribution in [3.8, 4) is 0 Å². The predicted octanol–water partition coefficient (Wildman–Crippen LogP) is -1.60. The highest BCUT2D eigenvalue weighted by molar-refractivity contribution is 5.93. The molecule has 0 aromatic heterocycles. The van der Waals surface area contributed by atoms with Gasteiger partial charge in [0.25, 0.3) is 0 Å². The average Bonchev–Trinajstić information content (AvgIpc) is 2.69. The summed E-state index contributed by atoms with van der Waals surface area (Å²) in [6, 6.07) is -2.89. The summed E-state index contributed by atoms with van der Waals surface area (Å²) in [6.45, 7) is 3.97. The van der Waals surface area contributed by atoms with E-state index in [1.54, 1.807) is 13.8 Å². The molecule has 10 N–H and O–H groups in total. The quantitative estimate of drug-likeness (QED) is 0.142. The number of aliphatic carboxylic acids is 1. The summed E-state index contributed by atoms with van der Waals surface area (Å²) < 4.78 is 0. The summed E-state index contributed by atoms with van der Waals surface area (Å²) in [5.74, 6) is -3.09. The van der Waals surface area contributed by atoms with Crippen LogP contribution < -0.4 is 33.2 Å². The van der Waals surface area contributed by atoms with Crippen LogP contribution in [0.2, 0.25) is 0 Å². The van der Waals surface area contributed by atoms with Gasteiger partial charge in [-0.1, -0.05) is 13.8 Å². The number of rotatable bonds is 16. The largest absolute Gasteiger partial charge is 0.480 e. The molecule has 0 radical (unpaired) electrons. The topological polar surface area (TPSA) is 203 Å². The number of carboxylic acids is 1. The number of amides is 3. The lowest BCUT2D eigenvalue weighted by Crippen LogP contribution is -2.56. The molecule has 11 nitrogen and oxygen atoms in total. The highest BCUT2D eigenvalue weighted by atomic mass is 16.4. The Morgan fingerprint density at radius 3 is 1.63 bits per heavy atom. The van der Waals surface area contributed by atoms with E-state index in [1.807, 2.05) is 0 Å². The van der Waals surface area contributed by atoms with E-state index in [0.717, 1.165) is 0 Å². The second-order valence-electron chi connectivity index (χ2n) is 7.52. The Balaban J connectivity index is 5.30.